The van der Waals surface area contributed by atoms with Crippen LogP contribution in [0.15, 0.2) is 22.7 Å². The van der Waals surface area contributed by atoms with Crippen LogP contribution < -0.4 is 0 Å². The minimum absolute atomic E-state index is 0.0962. The molecular weight excluding hydrogens is 300 g/mol. The first kappa shape index (κ1) is 14.0. The SMILES string of the molecule is N#Cc1ccc(-c2cnc(CC3CC(F)(F)C3)o2)c(Cl)n1. The third kappa shape index (κ3) is 2.88. The summed E-state index contributed by atoms with van der Waals surface area (Å²) in [5, 5.41) is 8.88. The number of halogens is 3. The fraction of sp³-hybridized carbons (Fsp3) is 0.357. The van der Waals surface area contributed by atoms with Crippen molar-refractivity contribution in [3.05, 3.63) is 35.1 Å². The molecule has 0 radical (unpaired) electrons. The molecule has 0 saturated heterocycles. The fourth-order valence-electron chi connectivity index (χ4n) is 2.39. The molecule has 7 heteroatoms. The zero-order valence-electron chi connectivity index (χ0n) is 10.8. The van der Waals surface area contributed by atoms with Crippen molar-refractivity contribution in [2.45, 2.75) is 25.2 Å². The van der Waals surface area contributed by atoms with Crippen LogP contribution >= 0.6 is 11.6 Å². The lowest BCUT2D eigenvalue weighted by molar-refractivity contribution is -0.110. The van der Waals surface area contributed by atoms with E-state index in [9.17, 15) is 8.78 Å². The maximum atomic E-state index is 12.8. The van der Waals surface area contributed by atoms with Crippen molar-refractivity contribution in [2.24, 2.45) is 5.92 Å². The highest BCUT2D eigenvalue weighted by Crippen LogP contribution is 2.44. The van der Waals surface area contributed by atoms with Crippen molar-refractivity contribution in [2.75, 3.05) is 0 Å². The molecule has 0 bridgehead atoms. The molecule has 0 aromatic carbocycles. The van der Waals surface area contributed by atoms with Crippen LogP contribution in [0.4, 0.5) is 8.78 Å². The Morgan fingerprint density at radius 1 is 1.43 bits per heavy atom. The molecule has 108 valence electrons. The Balaban J connectivity index is 1.75. The van der Waals surface area contributed by atoms with Gasteiger partial charge in [0.15, 0.2) is 11.7 Å². The quantitative estimate of drug-likeness (QED) is 0.808. The van der Waals surface area contributed by atoms with Crippen LogP contribution in [0.25, 0.3) is 11.3 Å². The number of aromatic nitrogens is 2. The number of pyridine rings is 1. The van der Waals surface area contributed by atoms with Crippen LogP contribution in [0, 0.1) is 17.2 Å². The molecule has 3 rings (SSSR count). The highest BCUT2D eigenvalue weighted by Gasteiger charge is 2.45. The number of alkyl halides is 2. The van der Waals surface area contributed by atoms with E-state index in [1.807, 2.05) is 6.07 Å². The number of nitriles is 1. The van der Waals surface area contributed by atoms with Crippen LogP contribution in [-0.2, 0) is 6.42 Å². The summed E-state index contributed by atoms with van der Waals surface area (Å²) in [6.07, 6.45) is 1.63. The van der Waals surface area contributed by atoms with E-state index in [0.29, 0.717) is 23.6 Å². The van der Waals surface area contributed by atoms with E-state index in [-0.39, 0.29) is 29.6 Å². The molecule has 4 nitrogen and oxygen atoms in total. The minimum Gasteiger partial charge on any atom is -0.441 e. The lowest BCUT2D eigenvalue weighted by Crippen LogP contribution is -2.36. The normalized spacial score (nSPS) is 17.2. The first-order valence-electron chi connectivity index (χ1n) is 6.36. The standard InChI is InChI=1S/C14H10ClF2N3O/c15-13-10(2-1-9(6-18)20-13)11-7-19-12(21-11)3-8-4-14(16,17)5-8/h1-2,7-8H,3-5H2. The Labute approximate surface area is 124 Å². The number of rotatable bonds is 3. The summed E-state index contributed by atoms with van der Waals surface area (Å²) in [5.41, 5.74) is 0.730. The van der Waals surface area contributed by atoms with E-state index in [1.54, 1.807) is 6.07 Å². The molecule has 2 aromatic heterocycles. The van der Waals surface area contributed by atoms with Gasteiger partial charge in [-0.25, -0.2) is 18.7 Å². The average Bonchev–Trinajstić information content (AvgIpc) is 2.84. The van der Waals surface area contributed by atoms with E-state index in [1.165, 1.54) is 12.3 Å². The van der Waals surface area contributed by atoms with Gasteiger partial charge in [0.25, 0.3) is 0 Å². The van der Waals surface area contributed by atoms with E-state index in [4.69, 9.17) is 21.3 Å². The first-order chi connectivity index (χ1) is 9.97. The van der Waals surface area contributed by atoms with Gasteiger partial charge >= 0.3 is 0 Å². The lowest BCUT2D eigenvalue weighted by atomic mass is 9.79. The van der Waals surface area contributed by atoms with E-state index in [0.717, 1.165) is 0 Å². The van der Waals surface area contributed by atoms with E-state index in [2.05, 4.69) is 9.97 Å². The molecular formula is C14H10ClF2N3O. The van der Waals surface area contributed by atoms with Gasteiger partial charge in [0.05, 0.1) is 11.8 Å². The molecule has 21 heavy (non-hydrogen) atoms. The molecule has 0 N–H and O–H groups in total. The molecule has 1 aliphatic rings. The Hall–Kier alpha value is -2.00. The predicted octanol–water partition coefficient (Wildman–Crippen LogP) is 3.85. The van der Waals surface area contributed by atoms with Crippen molar-refractivity contribution >= 4 is 11.6 Å². The predicted molar refractivity (Wildman–Crippen MR) is 70.8 cm³/mol. The molecule has 1 aliphatic carbocycles. The number of nitrogens with zero attached hydrogens (tertiary/aromatic N) is 3. The highest BCUT2D eigenvalue weighted by molar-refractivity contribution is 6.32. The number of oxazole rings is 1. The third-order valence-electron chi connectivity index (χ3n) is 3.42. The monoisotopic (exact) mass is 309 g/mol. The molecule has 0 atom stereocenters. The van der Waals surface area contributed by atoms with Crippen LogP contribution in [0.1, 0.15) is 24.4 Å². The van der Waals surface area contributed by atoms with Gasteiger partial charge in [-0.1, -0.05) is 11.6 Å². The lowest BCUT2D eigenvalue weighted by Gasteiger charge is -2.34. The van der Waals surface area contributed by atoms with Crippen molar-refractivity contribution in [3.63, 3.8) is 0 Å². The van der Waals surface area contributed by atoms with Crippen molar-refractivity contribution in [1.82, 2.24) is 9.97 Å². The van der Waals surface area contributed by atoms with Crippen molar-refractivity contribution < 1.29 is 13.2 Å². The molecule has 0 spiro atoms. The van der Waals surface area contributed by atoms with Crippen LogP contribution in [0.5, 0.6) is 0 Å². The summed E-state index contributed by atoms with van der Waals surface area (Å²) in [6.45, 7) is 0. The van der Waals surface area contributed by atoms with Crippen molar-refractivity contribution in [3.8, 4) is 17.4 Å². The minimum atomic E-state index is -2.54. The van der Waals surface area contributed by atoms with Gasteiger partial charge in [-0.05, 0) is 18.1 Å². The molecule has 1 fully saturated rings. The Morgan fingerprint density at radius 2 is 2.19 bits per heavy atom. The van der Waals surface area contributed by atoms with Gasteiger partial charge in [0.2, 0.25) is 5.92 Å². The maximum Gasteiger partial charge on any atom is 0.248 e. The summed E-state index contributed by atoms with van der Waals surface area (Å²) in [5.74, 6) is -1.81. The summed E-state index contributed by atoms with van der Waals surface area (Å²) < 4.78 is 31.1. The zero-order valence-corrected chi connectivity index (χ0v) is 11.6. The first-order valence-corrected chi connectivity index (χ1v) is 6.74. The molecule has 0 aliphatic heterocycles. The summed E-state index contributed by atoms with van der Waals surface area (Å²) in [7, 11) is 0. The smallest absolute Gasteiger partial charge is 0.248 e. The van der Waals surface area contributed by atoms with E-state index < -0.39 is 5.92 Å². The van der Waals surface area contributed by atoms with Gasteiger partial charge in [0, 0.05) is 19.3 Å². The Kier molecular flexibility index (Phi) is 3.38. The van der Waals surface area contributed by atoms with Gasteiger partial charge in [-0.3, -0.25) is 0 Å². The second-order valence-corrected chi connectivity index (χ2v) is 5.46. The third-order valence-corrected chi connectivity index (χ3v) is 3.71. The number of hydrogen-bond donors (Lipinski definition) is 0. The van der Waals surface area contributed by atoms with Gasteiger partial charge in [-0.15, -0.1) is 0 Å². The highest BCUT2D eigenvalue weighted by atomic mass is 35.5. The van der Waals surface area contributed by atoms with Crippen LogP contribution in [0.3, 0.4) is 0 Å². The molecule has 0 amide bonds. The number of hydrogen-bond acceptors (Lipinski definition) is 4. The Bertz CT molecular complexity index is 715. The Morgan fingerprint density at radius 3 is 2.81 bits per heavy atom. The molecule has 0 unspecified atom stereocenters. The van der Waals surface area contributed by atoms with Crippen LogP contribution in [0.2, 0.25) is 5.15 Å². The zero-order chi connectivity index (χ0) is 15.0. The van der Waals surface area contributed by atoms with Gasteiger partial charge < -0.3 is 4.42 Å². The second kappa shape index (κ2) is 5.08. The van der Waals surface area contributed by atoms with Gasteiger partial charge in [-0.2, -0.15) is 5.26 Å². The summed E-state index contributed by atoms with van der Waals surface area (Å²) >= 11 is 5.98. The fourth-order valence-corrected chi connectivity index (χ4v) is 2.63. The second-order valence-electron chi connectivity index (χ2n) is 5.10. The largest absolute Gasteiger partial charge is 0.441 e. The maximum absolute atomic E-state index is 12.8. The van der Waals surface area contributed by atoms with Crippen LogP contribution in [-0.4, -0.2) is 15.9 Å². The van der Waals surface area contributed by atoms with Crippen molar-refractivity contribution in [1.29, 1.82) is 5.26 Å². The average molecular weight is 310 g/mol. The van der Waals surface area contributed by atoms with E-state index >= 15 is 0 Å². The summed E-state index contributed by atoms with van der Waals surface area (Å²) in [4.78, 5) is 7.98. The topological polar surface area (TPSA) is 62.7 Å². The summed E-state index contributed by atoms with van der Waals surface area (Å²) in [6, 6.07) is 5.03. The van der Waals surface area contributed by atoms with Gasteiger partial charge in [0.1, 0.15) is 16.9 Å². The molecule has 2 heterocycles. The molecule has 2 aromatic rings. The molecule has 1 saturated carbocycles.